The van der Waals surface area contributed by atoms with Crippen LogP contribution in [0.5, 0.6) is 0 Å². The zero-order chi connectivity index (χ0) is 22.2. The fraction of sp³-hybridized carbons (Fsp3) is 0.640. The predicted octanol–water partition coefficient (Wildman–Crippen LogP) is 0.499. The van der Waals surface area contributed by atoms with Crippen molar-refractivity contribution >= 4 is 47.7 Å². The molecule has 2 aromatic carbocycles. The van der Waals surface area contributed by atoms with E-state index in [0.717, 1.165) is 13.0 Å². The summed E-state index contributed by atoms with van der Waals surface area (Å²) >= 11 is 4.11. The van der Waals surface area contributed by atoms with E-state index in [0.29, 0.717) is 0 Å². The van der Waals surface area contributed by atoms with Crippen LogP contribution in [0.3, 0.4) is 0 Å². The first-order valence-electron chi connectivity index (χ1n) is 11.5. The summed E-state index contributed by atoms with van der Waals surface area (Å²) in [4.78, 5) is 7.97. The Bertz CT molecular complexity index is 771. The summed E-state index contributed by atoms with van der Waals surface area (Å²) in [5.41, 5.74) is 1.53. The molecule has 0 unspecified atom stereocenters. The van der Waals surface area contributed by atoms with Crippen molar-refractivity contribution in [2.45, 2.75) is 59.7 Å². The van der Waals surface area contributed by atoms with Crippen molar-refractivity contribution in [1.82, 2.24) is 4.90 Å². The molecule has 0 fully saturated rings. The quantitative estimate of drug-likeness (QED) is 0.195. The molecule has 186 valence electrons. The number of rotatable bonds is 13. The first-order valence-corrected chi connectivity index (χ1v) is 16.7. The van der Waals surface area contributed by atoms with Gasteiger partial charge in [-0.1, -0.05) is 68.4 Å². The smallest absolute Gasteiger partial charge is 1.00 e. The van der Waals surface area contributed by atoms with E-state index in [9.17, 15) is 0 Å². The van der Waals surface area contributed by atoms with Crippen molar-refractivity contribution in [2.75, 3.05) is 42.6 Å². The van der Waals surface area contributed by atoms with Gasteiger partial charge < -0.3 is 34.7 Å². The molecule has 0 spiro atoms. The van der Waals surface area contributed by atoms with Crippen molar-refractivity contribution in [2.24, 2.45) is 0 Å². The number of benzene rings is 1. The summed E-state index contributed by atoms with van der Waals surface area (Å²) in [5, 5.41) is 4.40. The molecule has 0 radical (unpaired) electrons. The molecule has 0 aliphatic carbocycles. The summed E-state index contributed by atoms with van der Waals surface area (Å²) in [6.07, 6.45) is 1.13. The van der Waals surface area contributed by atoms with Crippen LogP contribution in [0.4, 0.5) is 0 Å². The second-order valence-corrected chi connectivity index (χ2v) is 16.1. The third-order valence-corrected chi connectivity index (χ3v) is 10.1. The zero-order valence-corrected chi connectivity index (χ0v) is 27.2. The topological polar surface area (TPSA) is 17.3 Å². The molecular formula is C25H42Cl2N2S2SiTi. The number of thioether (sulfide) groups is 2. The van der Waals surface area contributed by atoms with Crippen LogP contribution in [0.15, 0.2) is 30.3 Å². The molecule has 2 aromatic rings. The maximum Gasteiger partial charge on any atom is 4.00 e. The summed E-state index contributed by atoms with van der Waals surface area (Å²) < 4.78 is 0. The molecule has 0 aliphatic heterocycles. The Morgan fingerprint density at radius 3 is 2.00 bits per heavy atom. The minimum Gasteiger partial charge on any atom is -1.00 e. The Kier molecular flexibility index (Phi) is 19.1. The average molecular weight is 582 g/mol. The molecule has 0 heterocycles. The number of hydrogen-bond acceptors (Lipinski definition) is 3. The summed E-state index contributed by atoms with van der Waals surface area (Å²) in [5.74, 6) is 4.91. The molecule has 0 amide bonds. The Labute approximate surface area is 240 Å². The van der Waals surface area contributed by atoms with E-state index in [1.54, 1.807) is 0 Å². The fourth-order valence-electron chi connectivity index (χ4n) is 4.23. The van der Waals surface area contributed by atoms with Crippen molar-refractivity contribution in [3.63, 3.8) is 0 Å². The average Bonchev–Trinajstić information content (AvgIpc) is 3.04. The molecule has 0 atom stereocenters. The van der Waals surface area contributed by atoms with Crippen molar-refractivity contribution in [3.05, 3.63) is 40.9 Å². The second kappa shape index (κ2) is 17.4. The number of halogens is 2. The number of fused-ring (bicyclic) bond motifs is 1. The maximum atomic E-state index is 5.29. The molecule has 33 heavy (non-hydrogen) atoms. The van der Waals surface area contributed by atoms with E-state index >= 15 is 0 Å². The van der Waals surface area contributed by atoms with Crippen LogP contribution in [0.2, 0.25) is 13.1 Å². The first kappa shape index (κ1) is 36.1. The van der Waals surface area contributed by atoms with E-state index in [1.165, 1.54) is 57.6 Å². The fourth-order valence-corrected chi connectivity index (χ4v) is 8.78. The van der Waals surface area contributed by atoms with Gasteiger partial charge in [-0.05, 0) is 18.1 Å². The normalized spacial score (nSPS) is 11.8. The van der Waals surface area contributed by atoms with Crippen LogP contribution in [0.1, 0.15) is 40.2 Å². The van der Waals surface area contributed by atoms with Gasteiger partial charge in [0.15, 0.2) is 0 Å². The molecular weight excluding hydrogens is 539 g/mol. The van der Waals surface area contributed by atoms with Crippen LogP contribution in [-0.4, -0.2) is 61.3 Å². The third kappa shape index (κ3) is 12.2. The van der Waals surface area contributed by atoms with Gasteiger partial charge in [0.05, 0.1) is 0 Å². The molecule has 2 nitrogen and oxygen atoms in total. The van der Waals surface area contributed by atoms with Crippen LogP contribution < -0.4 is 30.0 Å². The molecule has 0 aromatic heterocycles. The minimum atomic E-state index is -1.86. The molecule has 0 aliphatic rings. The van der Waals surface area contributed by atoms with Gasteiger partial charge in [-0.3, -0.25) is 0 Å². The van der Waals surface area contributed by atoms with Crippen LogP contribution in [0.25, 0.3) is 15.8 Å². The number of hydrogen-bond donors (Lipinski definition) is 0. The molecule has 0 N–H and O–H groups in total. The van der Waals surface area contributed by atoms with Gasteiger partial charge in [-0.2, -0.15) is 45.7 Å². The van der Waals surface area contributed by atoms with E-state index in [2.05, 4.69) is 106 Å². The van der Waals surface area contributed by atoms with Crippen LogP contribution in [-0.2, 0) is 28.1 Å². The molecule has 0 bridgehead atoms. The Morgan fingerprint density at radius 2 is 1.48 bits per heavy atom. The summed E-state index contributed by atoms with van der Waals surface area (Å²) in [6, 6.07) is 11.5. The number of nitrogens with zero attached hydrogens (tertiary/aromatic N) is 2. The van der Waals surface area contributed by atoms with E-state index in [-0.39, 0.29) is 52.1 Å². The Hall–Kier alpha value is 0.961. The van der Waals surface area contributed by atoms with Gasteiger partial charge >= 0.3 is 21.7 Å². The van der Waals surface area contributed by atoms with Crippen molar-refractivity contribution < 1.29 is 46.5 Å². The van der Waals surface area contributed by atoms with Gasteiger partial charge in [0.2, 0.25) is 0 Å². The van der Waals surface area contributed by atoms with Crippen LogP contribution in [0, 0.1) is 0 Å². The van der Waals surface area contributed by atoms with E-state index in [1.807, 2.05) is 0 Å². The minimum absolute atomic E-state index is 0. The molecule has 8 heteroatoms. The first-order chi connectivity index (χ1) is 14.2. The summed E-state index contributed by atoms with van der Waals surface area (Å²) in [6.45, 7) is 19.6. The largest absolute Gasteiger partial charge is 4.00 e. The van der Waals surface area contributed by atoms with Gasteiger partial charge in [-0.25, -0.2) is 0 Å². The van der Waals surface area contributed by atoms with Crippen LogP contribution >= 0.6 is 23.5 Å². The van der Waals surface area contributed by atoms with Gasteiger partial charge in [0.1, 0.15) is 0 Å². The maximum absolute atomic E-state index is 5.29. The summed E-state index contributed by atoms with van der Waals surface area (Å²) in [7, 11) is -1.86. The molecule has 0 saturated heterocycles. The Balaban J connectivity index is 0. The second-order valence-electron chi connectivity index (χ2n) is 9.46. The van der Waals surface area contributed by atoms with Gasteiger partial charge in [0.25, 0.3) is 0 Å². The van der Waals surface area contributed by atoms with Gasteiger partial charge in [0, 0.05) is 24.6 Å². The zero-order valence-electron chi connectivity index (χ0n) is 21.5. The van der Waals surface area contributed by atoms with Crippen molar-refractivity contribution in [1.29, 1.82) is 0 Å². The monoisotopic (exact) mass is 580 g/mol. The predicted molar refractivity (Wildman–Crippen MR) is 146 cm³/mol. The standard InChI is InChI=1S/C25H42N2S2Si.2ClH.Ti/c1-8-28-18-16-27(17-19-29-9-2)15-14-21-20-24(23-13-11-10-12-22(21)23)30(6,7)26-25(3,4)5;;;/h10-13,20H,8-9,14-19H2,1-7H3;2*1H;/q-2;;;+4/p-2. The van der Waals surface area contributed by atoms with E-state index in [4.69, 9.17) is 4.98 Å². The van der Waals surface area contributed by atoms with E-state index < -0.39 is 8.24 Å². The SMILES string of the molecule is CCSCCN(CCSCC)CCc1c[c-]([Si](C)(C)[N-]C(C)(C)C)c2ccccc12.[Cl-].[Cl-].[Ti+4]. The molecule has 2 rings (SSSR count). The van der Waals surface area contributed by atoms with Gasteiger partial charge in [-0.15, -0.1) is 29.1 Å². The third-order valence-electron chi connectivity index (χ3n) is 5.37. The Morgan fingerprint density at radius 1 is 0.939 bits per heavy atom. The molecule has 0 saturated carbocycles. The van der Waals surface area contributed by atoms with Crippen molar-refractivity contribution in [3.8, 4) is 0 Å².